The molecule has 0 aromatic rings. The third kappa shape index (κ3) is 63.0. The van der Waals surface area contributed by atoms with Crippen LogP contribution in [-0.4, -0.2) is 47.4 Å². The number of carbonyl (C=O) groups excluding carboxylic acids is 2. The van der Waals surface area contributed by atoms with Gasteiger partial charge < -0.3 is 20.3 Å². The van der Waals surface area contributed by atoms with Crippen molar-refractivity contribution in [1.82, 2.24) is 5.32 Å². The molecular formula is C72H135NO5. The monoisotopic (exact) mass is 1090 g/mol. The number of hydrogen-bond acceptors (Lipinski definition) is 5. The quantitative estimate of drug-likeness (QED) is 0.0320. The minimum Gasteiger partial charge on any atom is -0.466 e. The Labute approximate surface area is 486 Å². The summed E-state index contributed by atoms with van der Waals surface area (Å²) in [6.07, 6.45) is 87.2. The van der Waals surface area contributed by atoms with Gasteiger partial charge in [-0.3, -0.25) is 9.59 Å². The first-order valence-electron chi connectivity index (χ1n) is 34.9. The number of carbonyl (C=O) groups is 2. The zero-order chi connectivity index (χ0) is 56.4. The Morgan fingerprint density at radius 2 is 0.641 bits per heavy atom. The summed E-state index contributed by atoms with van der Waals surface area (Å²) in [5.74, 6) is -0.0298. The van der Waals surface area contributed by atoms with Crippen molar-refractivity contribution in [1.29, 1.82) is 0 Å². The summed E-state index contributed by atoms with van der Waals surface area (Å²) < 4.78 is 5.50. The van der Waals surface area contributed by atoms with E-state index in [4.69, 9.17) is 4.74 Å². The molecular weight excluding hydrogens is 959 g/mol. The second kappa shape index (κ2) is 67.3. The first-order valence-corrected chi connectivity index (χ1v) is 34.9. The molecule has 0 aromatic heterocycles. The van der Waals surface area contributed by atoms with Gasteiger partial charge in [0.05, 0.1) is 25.4 Å². The van der Waals surface area contributed by atoms with E-state index in [-0.39, 0.29) is 18.5 Å². The standard InChI is InChI=1S/C72H135NO5/c1-3-5-7-9-11-13-15-17-19-20-35-38-42-46-50-54-58-62-66-72(77)78-67-63-59-55-51-47-43-39-36-33-31-29-27-25-23-21-22-24-26-28-30-32-34-37-41-45-49-53-57-61-65-71(76)73-69(68-74)70(75)64-60-56-52-48-44-40-18-16-14-12-10-8-6-4-2/h13,15,19-21,23,27,29,69-70,74-75H,3-12,14,16-18,22,24-26,28,30-68H2,1-2H3,(H,73,76)/b15-13-,20-19-,23-21-,29-27-. The molecule has 0 rings (SSSR count). The lowest BCUT2D eigenvalue weighted by Crippen LogP contribution is -2.45. The number of amides is 1. The van der Waals surface area contributed by atoms with Gasteiger partial charge in [0.25, 0.3) is 0 Å². The summed E-state index contributed by atoms with van der Waals surface area (Å²) in [6.45, 7) is 4.95. The fourth-order valence-corrected chi connectivity index (χ4v) is 10.8. The zero-order valence-corrected chi connectivity index (χ0v) is 52.4. The highest BCUT2D eigenvalue weighted by Crippen LogP contribution is 2.18. The molecule has 3 N–H and O–H groups in total. The van der Waals surface area contributed by atoms with Gasteiger partial charge in [0.2, 0.25) is 5.91 Å². The molecule has 0 saturated carbocycles. The van der Waals surface area contributed by atoms with Crippen LogP contribution in [-0.2, 0) is 14.3 Å². The normalized spacial score (nSPS) is 12.8. The number of unbranched alkanes of at least 4 members (excludes halogenated alkanes) is 46. The maximum atomic E-state index is 12.5. The highest BCUT2D eigenvalue weighted by molar-refractivity contribution is 5.76. The fraction of sp³-hybridized carbons (Fsp3) is 0.861. The lowest BCUT2D eigenvalue weighted by atomic mass is 10.0. The molecule has 6 nitrogen and oxygen atoms in total. The molecule has 0 aromatic carbocycles. The lowest BCUT2D eigenvalue weighted by Gasteiger charge is -2.22. The summed E-state index contributed by atoms with van der Waals surface area (Å²) in [6, 6.07) is -0.542. The van der Waals surface area contributed by atoms with Crippen LogP contribution in [0.25, 0.3) is 0 Å². The molecule has 0 bridgehead atoms. The van der Waals surface area contributed by atoms with Crippen molar-refractivity contribution < 1.29 is 24.5 Å². The molecule has 78 heavy (non-hydrogen) atoms. The van der Waals surface area contributed by atoms with Gasteiger partial charge in [-0.1, -0.05) is 319 Å². The molecule has 6 heteroatoms. The summed E-state index contributed by atoms with van der Waals surface area (Å²) in [4.78, 5) is 24.6. The van der Waals surface area contributed by atoms with Gasteiger partial charge >= 0.3 is 5.97 Å². The van der Waals surface area contributed by atoms with Crippen molar-refractivity contribution in [3.05, 3.63) is 48.6 Å². The third-order valence-electron chi connectivity index (χ3n) is 16.1. The number of hydrogen-bond donors (Lipinski definition) is 3. The van der Waals surface area contributed by atoms with Gasteiger partial charge in [0, 0.05) is 12.8 Å². The molecule has 0 fully saturated rings. The van der Waals surface area contributed by atoms with Crippen LogP contribution in [0.1, 0.15) is 373 Å². The van der Waals surface area contributed by atoms with Gasteiger partial charge in [-0.2, -0.15) is 0 Å². The fourth-order valence-electron chi connectivity index (χ4n) is 10.8. The molecule has 0 saturated heterocycles. The van der Waals surface area contributed by atoms with Crippen LogP contribution in [0.15, 0.2) is 48.6 Å². The SMILES string of the molecule is CCCCCC/C=C\C/C=C\CCCCCCCCCC(=O)OCCCCCCCCCCC/C=C\C/C=C\CCCCCCCCCCCCCCCC(=O)NC(CO)C(O)CCCCCCCCCCCCCCCC. The number of esters is 1. The second-order valence-corrected chi connectivity index (χ2v) is 23.9. The van der Waals surface area contributed by atoms with Crippen LogP contribution < -0.4 is 5.32 Å². The predicted octanol–water partition coefficient (Wildman–Crippen LogP) is 22.5. The van der Waals surface area contributed by atoms with Crippen LogP contribution in [0.2, 0.25) is 0 Å². The smallest absolute Gasteiger partial charge is 0.305 e. The highest BCUT2D eigenvalue weighted by Gasteiger charge is 2.20. The number of aliphatic hydroxyl groups is 2. The molecule has 0 heterocycles. The van der Waals surface area contributed by atoms with Crippen LogP contribution >= 0.6 is 0 Å². The van der Waals surface area contributed by atoms with Gasteiger partial charge in [-0.25, -0.2) is 0 Å². The number of nitrogens with one attached hydrogen (secondary N) is 1. The Balaban J connectivity index is 3.40. The summed E-state index contributed by atoms with van der Waals surface area (Å²) >= 11 is 0. The van der Waals surface area contributed by atoms with Gasteiger partial charge in [-0.05, 0) is 89.9 Å². The minimum atomic E-state index is -0.665. The molecule has 0 radical (unpaired) electrons. The molecule has 0 aliphatic heterocycles. The maximum Gasteiger partial charge on any atom is 0.305 e. The Morgan fingerprint density at radius 1 is 0.359 bits per heavy atom. The van der Waals surface area contributed by atoms with Gasteiger partial charge in [-0.15, -0.1) is 0 Å². The Kier molecular flexibility index (Phi) is 65.4. The molecule has 458 valence electrons. The largest absolute Gasteiger partial charge is 0.466 e. The second-order valence-electron chi connectivity index (χ2n) is 23.9. The average Bonchev–Trinajstić information content (AvgIpc) is 3.44. The van der Waals surface area contributed by atoms with Crippen molar-refractivity contribution >= 4 is 11.9 Å². The van der Waals surface area contributed by atoms with Crippen LogP contribution in [0.3, 0.4) is 0 Å². The highest BCUT2D eigenvalue weighted by atomic mass is 16.5. The van der Waals surface area contributed by atoms with Crippen molar-refractivity contribution in [2.24, 2.45) is 0 Å². The van der Waals surface area contributed by atoms with E-state index in [2.05, 4.69) is 67.8 Å². The number of ether oxygens (including phenoxy) is 1. The predicted molar refractivity (Wildman–Crippen MR) is 342 cm³/mol. The number of rotatable bonds is 65. The van der Waals surface area contributed by atoms with Crippen LogP contribution in [0, 0.1) is 0 Å². The third-order valence-corrected chi connectivity index (χ3v) is 16.1. The van der Waals surface area contributed by atoms with E-state index in [1.807, 2.05) is 0 Å². The van der Waals surface area contributed by atoms with E-state index < -0.39 is 12.1 Å². The topological polar surface area (TPSA) is 95.9 Å². The molecule has 1 amide bonds. The van der Waals surface area contributed by atoms with E-state index in [1.54, 1.807) is 0 Å². The number of aliphatic hydroxyl groups excluding tert-OH is 2. The molecule has 0 spiro atoms. The molecule has 2 unspecified atom stereocenters. The van der Waals surface area contributed by atoms with E-state index in [1.165, 1.54) is 283 Å². The first kappa shape index (κ1) is 75.8. The van der Waals surface area contributed by atoms with Gasteiger partial charge in [0.1, 0.15) is 0 Å². The van der Waals surface area contributed by atoms with E-state index in [0.29, 0.717) is 25.9 Å². The first-order chi connectivity index (χ1) is 38.5. The van der Waals surface area contributed by atoms with Crippen molar-refractivity contribution in [3.63, 3.8) is 0 Å². The summed E-state index contributed by atoms with van der Waals surface area (Å²) in [7, 11) is 0. The Bertz CT molecular complexity index is 1310. The van der Waals surface area contributed by atoms with Crippen molar-refractivity contribution in [3.8, 4) is 0 Å². The average molecular weight is 1090 g/mol. The minimum absolute atomic E-state index is 0.00477. The summed E-state index contributed by atoms with van der Waals surface area (Å²) in [5.41, 5.74) is 0. The van der Waals surface area contributed by atoms with Crippen molar-refractivity contribution in [2.45, 2.75) is 386 Å². The maximum absolute atomic E-state index is 12.5. The van der Waals surface area contributed by atoms with Crippen LogP contribution in [0.4, 0.5) is 0 Å². The summed E-state index contributed by atoms with van der Waals surface area (Å²) in [5, 5.41) is 23.3. The van der Waals surface area contributed by atoms with E-state index in [0.717, 1.165) is 57.8 Å². The Hall–Kier alpha value is -2.18. The van der Waals surface area contributed by atoms with Crippen molar-refractivity contribution in [2.75, 3.05) is 13.2 Å². The number of allylic oxidation sites excluding steroid dienone is 8. The molecule has 0 aliphatic carbocycles. The molecule has 2 atom stereocenters. The zero-order valence-electron chi connectivity index (χ0n) is 52.4. The van der Waals surface area contributed by atoms with E-state index in [9.17, 15) is 19.8 Å². The van der Waals surface area contributed by atoms with E-state index >= 15 is 0 Å². The molecule has 0 aliphatic rings. The Morgan fingerprint density at radius 3 is 0.987 bits per heavy atom. The van der Waals surface area contributed by atoms with Gasteiger partial charge in [0.15, 0.2) is 0 Å². The van der Waals surface area contributed by atoms with Crippen LogP contribution in [0.5, 0.6) is 0 Å². The lowest BCUT2D eigenvalue weighted by molar-refractivity contribution is -0.143.